The third-order valence-electron chi connectivity index (χ3n) is 4.30. The number of hydrogen-bond acceptors (Lipinski definition) is 5. The van der Waals surface area contributed by atoms with Crippen LogP contribution in [-0.4, -0.2) is 30.3 Å². The minimum absolute atomic E-state index is 0.0432. The molecule has 0 bridgehead atoms. The van der Waals surface area contributed by atoms with Gasteiger partial charge in [0.2, 0.25) is 0 Å². The van der Waals surface area contributed by atoms with E-state index in [0.29, 0.717) is 24.3 Å². The first kappa shape index (κ1) is 19.1. The van der Waals surface area contributed by atoms with Gasteiger partial charge in [0.15, 0.2) is 0 Å². The largest absolute Gasteiger partial charge is 0.368 e. The molecular weight excluding hydrogens is 384 g/mol. The van der Waals surface area contributed by atoms with Crippen molar-refractivity contribution in [2.24, 2.45) is 5.73 Å². The Morgan fingerprint density at radius 2 is 2.15 bits per heavy atom. The van der Waals surface area contributed by atoms with E-state index in [2.05, 4.69) is 5.32 Å². The van der Waals surface area contributed by atoms with Gasteiger partial charge in [-0.15, -0.1) is 0 Å². The predicted octanol–water partition coefficient (Wildman–Crippen LogP) is 3.70. The first-order valence-corrected chi connectivity index (χ1v) is 9.32. The molecule has 5 nitrogen and oxygen atoms in total. The number of nitrogens with one attached hydrogen (secondary N) is 1. The number of hydrogen-bond donors (Lipinski definition) is 2. The molecule has 0 saturated carbocycles. The lowest BCUT2D eigenvalue weighted by atomic mass is 10.00. The number of benzene rings is 1. The molecule has 3 rings (SSSR count). The second-order valence-corrected chi connectivity index (χ2v) is 7.91. The monoisotopic (exact) mass is 401 g/mol. The second-order valence-electron chi connectivity index (χ2n) is 6.48. The number of rotatable bonds is 3. The molecule has 1 atom stereocenters. The molecule has 2 heterocycles. The Morgan fingerprint density at radius 1 is 1.42 bits per heavy atom. The van der Waals surface area contributed by atoms with Gasteiger partial charge in [-0.05, 0) is 42.8 Å². The minimum atomic E-state index is -3.09. The average molecular weight is 402 g/mol. The molecule has 2 fully saturated rings. The number of halogens is 3. The van der Waals surface area contributed by atoms with Crippen LogP contribution in [0.25, 0.3) is 6.08 Å². The maximum Gasteiger partial charge on any atom is 0.290 e. The first-order chi connectivity index (χ1) is 12.1. The maximum atomic E-state index is 13.9. The summed E-state index contributed by atoms with van der Waals surface area (Å²) in [6, 6.07) is 2.51. The van der Waals surface area contributed by atoms with Gasteiger partial charge < -0.3 is 10.6 Å². The highest BCUT2D eigenvalue weighted by Crippen LogP contribution is 2.40. The highest BCUT2D eigenvalue weighted by molar-refractivity contribution is 8.18. The summed E-state index contributed by atoms with van der Waals surface area (Å²) in [4.78, 5) is 25.3. The lowest BCUT2D eigenvalue weighted by Gasteiger charge is -2.34. The topological polar surface area (TPSA) is 75.4 Å². The Balaban J connectivity index is 2.12. The SMILES string of the molecule is CC(F)(F)c1cc(Cl)c(N2CCC[C@@H](N)C2)c(/C=C2\SC(=O)NC2=O)c1. The molecule has 3 N–H and O–H groups in total. The van der Waals surface area contributed by atoms with Gasteiger partial charge in [0, 0.05) is 37.2 Å². The van der Waals surface area contributed by atoms with Crippen LogP contribution in [0.3, 0.4) is 0 Å². The fourth-order valence-electron chi connectivity index (χ4n) is 3.09. The predicted molar refractivity (Wildman–Crippen MR) is 99.5 cm³/mol. The zero-order chi connectivity index (χ0) is 19.1. The Morgan fingerprint density at radius 3 is 2.73 bits per heavy atom. The molecule has 2 aliphatic heterocycles. The van der Waals surface area contributed by atoms with Crippen molar-refractivity contribution in [3.8, 4) is 0 Å². The summed E-state index contributed by atoms with van der Waals surface area (Å²) in [7, 11) is 0. The molecule has 0 radical (unpaired) electrons. The molecule has 0 spiro atoms. The lowest BCUT2D eigenvalue weighted by molar-refractivity contribution is -0.115. The normalized spacial score (nSPS) is 22.9. The van der Waals surface area contributed by atoms with Crippen molar-refractivity contribution in [1.29, 1.82) is 0 Å². The highest BCUT2D eigenvalue weighted by atomic mass is 35.5. The Kier molecular flexibility index (Phi) is 5.28. The van der Waals surface area contributed by atoms with Gasteiger partial charge in [0.25, 0.3) is 17.1 Å². The summed E-state index contributed by atoms with van der Waals surface area (Å²) >= 11 is 7.08. The quantitative estimate of drug-likeness (QED) is 0.755. The van der Waals surface area contributed by atoms with E-state index >= 15 is 0 Å². The standard InChI is InChI=1S/C17H18ClF2N3O2S/c1-17(19,20)10-5-9(6-13-15(24)22-16(25)26-13)14(12(18)7-10)23-4-2-3-11(21)8-23/h5-7,11H,2-4,8,21H2,1H3,(H,22,24,25)/b13-6-/t11-/m1/s1. The zero-order valence-electron chi connectivity index (χ0n) is 14.0. The van der Waals surface area contributed by atoms with Crippen LogP contribution in [0.5, 0.6) is 0 Å². The van der Waals surface area contributed by atoms with E-state index in [1.807, 2.05) is 4.90 Å². The summed E-state index contributed by atoms with van der Waals surface area (Å²) in [5.41, 5.74) is 6.70. The van der Waals surface area contributed by atoms with Crippen LogP contribution >= 0.6 is 23.4 Å². The third kappa shape index (κ3) is 4.02. The smallest absolute Gasteiger partial charge is 0.290 e. The number of nitrogens with two attached hydrogens (primary N) is 1. The molecule has 2 amide bonds. The summed E-state index contributed by atoms with van der Waals surface area (Å²) in [6.07, 6.45) is 3.16. The Labute approximate surface area is 158 Å². The molecule has 0 aliphatic carbocycles. The van der Waals surface area contributed by atoms with Crippen LogP contribution in [0.4, 0.5) is 19.3 Å². The van der Waals surface area contributed by atoms with Crippen molar-refractivity contribution in [3.05, 3.63) is 33.2 Å². The number of imide groups is 1. The number of thioether (sulfide) groups is 1. The van der Waals surface area contributed by atoms with Gasteiger partial charge in [-0.1, -0.05) is 11.6 Å². The van der Waals surface area contributed by atoms with Gasteiger partial charge in [-0.2, -0.15) is 0 Å². The van der Waals surface area contributed by atoms with Crippen molar-refractivity contribution < 1.29 is 18.4 Å². The van der Waals surface area contributed by atoms with Crippen molar-refractivity contribution in [1.82, 2.24) is 5.32 Å². The van der Waals surface area contributed by atoms with Crippen molar-refractivity contribution in [2.75, 3.05) is 18.0 Å². The van der Waals surface area contributed by atoms with Crippen LogP contribution in [0, 0.1) is 0 Å². The van der Waals surface area contributed by atoms with E-state index in [0.717, 1.165) is 31.5 Å². The molecular formula is C17H18ClF2N3O2S. The number of amides is 2. The van der Waals surface area contributed by atoms with E-state index in [-0.39, 0.29) is 21.5 Å². The van der Waals surface area contributed by atoms with E-state index in [1.165, 1.54) is 18.2 Å². The number of nitrogens with zero attached hydrogens (tertiary/aromatic N) is 1. The summed E-state index contributed by atoms with van der Waals surface area (Å²) in [6.45, 7) is 2.01. The lowest BCUT2D eigenvalue weighted by Crippen LogP contribution is -2.43. The molecule has 0 unspecified atom stereocenters. The summed E-state index contributed by atoms with van der Waals surface area (Å²) in [5, 5.41) is 1.83. The van der Waals surface area contributed by atoms with Crippen molar-refractivity contribution >= 4 is 46.3 Å². The van der Waals surface area contributed by atoms with E-state index in [4.69, 9.17) is 17.3 Å². The Hall–Kier alpha value is -1.64. The van der Waals surface area contributed by atoms with E-state index in [1.54, 1.807) is 0 Å². The van der Waals surface area contributed by atoms with Crippen LogP contribution in [0.2, 0.25) is 5.02 Å². The van der Waals surface area contributed by atoms with Crippen LogP contribution in [0.1, 0.15) is 30.9 Å². The van der Waals surface area contributed by atoms with Crippen LogP contribution < -0.4 is 16.0 Å². The fraction of sp³-hybridized carbons (Fsp3) is 0.412. The highest BCUT2D eigenvalue weighted by Gasteiger charge is 2.30. The average Bonchev–Trinajstić information content (AvgIpc) is 2.83. The van der Waals surface area contributed by atoms with Gasteiger partial charge in [-0.25, -0.2) is 8.78 Å². The van der Waals surface area contributed by atoms with Crippen LogP contribution in [-0.2, 0) is 10.7 Å². The number of anilines is 1. The van der Waals surface area contributed by atoms with Crippen molar-refractivity contribution in [3.63, 3.8) is 0 Å². The Bertz CT molecular complexity index is 795. The molecule has 0 aromatic heterocycles. The van der Waals surface area contributed by atoms with Gasteiger partial charge in [0.05, 0.1) is 15.6 Å². The first-order valence-electron chi connectivity index (χ1n) is 8.12. The number of alkyl halides is 2. The van der Waals surface area contributed by atoms with Gasteiger partial charge in [0.1, 0.15) is 0 Å². The number of carbonyl (C=O) groups excluding carboxylic acids is 2. The molecule has 1 aromatic carbocycles. The molecule has 26 heavy (non-hydrogen) atoms. The molecule has 2 aliphatic rings. The van der Waals surface area contributed by atoms with Gasteiger partial charge in [-0.3, -0.25) is 14.9 Å². The third-order valence-corrected chi connectivity index (χ3v) is 5.40. The number of carbonyl (C=O) groups is 2. The molecule has 9 heteroatoms. The van der Waals surface area contributed by atoms with Gasteiger partial charge >= 0.3 is 0 Å². The molecule has 140 valence electrons. The molecule has 2 saturated heterocycles. The summed E-state index contributed by atoms with van der Waals surface area (Å²) in [5.74, 6) is -3.64. The summed E-state index contributed by atoms with van der Waals surface area (Å²) < 4.78 is 27.7. The van der Waals surface area contributed by atoms with E-state index in [9.17, 15) is 18.4 Å². The molecule has 1 aromatic rings. The maximum absolute atomic E-state index is 13.9. The van der Waals surface area contributed by atoms with Crippen LogP contribution in [0.15, 0.2) is 17.0 Å². The minimum Gasteiger partial charge on any atom is -0.368 e. The van der Waals surface area contributed by atoms with E-state index < -0.39 is 17.1 Å². The second kappa shape index (κ2) is 7.17. The number of piperidine rings is 1. The fourth-order valence-corrected chi connectivity index (χ4v) is 4.11. The van der Waals surface area contributed by atoms with Crippen molar-refractivity contribution in [2.45, 2.75) is 31.7 Å². The zero-order valence-corrected chi connectivity index (χ0v) is 15.6.